The second-order valence-corrected chi connectivity index (χ2v) is 6.95. The lowest BCUT2D eigenvalue weighted by Gasteiger charge is -2.25. The van der Waals surface area contributed by atoms with Gasteiger partial charge in [-0.2, -0.15) is 0 Å². The average Bonchev–Trinajstić information content (AvgIpc) is 3.60. The van der Waals surface area contributed by atoms with Crippen LogP contribution in [-0.4, -0.2) is 109 Å². The molecule has 0 saturated carbocycles. The fraction of sp³-hybridized carbons (Fsp3) is 0.833. The second kappa shape index (κ2) is 11.6. The summed E-state index contributed by atoms with van der Waals surface area (Å²) in [5.74, 6) is 0.778. The van der Waals surface area contributed by atoms with Crippen molar-refractivity contribution < 1.29 is 42.7 Å². The lowest BCUT2D eigenvalue weighted by Crippen LogP contribution is -2.39. The molecule has 12 nitrogen and oxygen atoms in total. The standard InChI is InChI=1S/C18H29N3O9/c1(22-8-14-11-27-14)4-25-17-7-18(26-5-2-23-9-15-12-28-15)20-21(19-17)30-6-3-24-10-16-13-29-16/h7,14-16,19H,1-6,8-13H2. The number of nitrogens with zero attached hydrogens (tertiary/aromatic N) is 2. The third kappa shape index (κ3) is 9.00. The van der Waals surface area contributed by atoms with E-state index in [1.54, 1.807) is 6.08 Å². The van der Waals surface area contributed by atoms with Crippen molar-refractivity contribution >= 4 is 5.90 Å². The monoisotopic (exact) mass is 431 g/mol. The highest BCUT2D eigenvalue weighted by Gasteiger charge is 2.24. The molecule has 3 unspecified atom stereocenters. The van der Waals surface area contributed by atoms with Crippen LogP contribution in [0, 0.1) is 0 Å². The van der Waals surface area contributed by atoms with E-state index in [1.807, 2.05) is 0 Å². The zero-order valence-electron chi connectivity index (χ0n) is 16.9. The van der Waals surface area contributed by atoms with Crippen LogP contribution in [0.5, 0.6) is 0 Å². The lowest BCUT2D eigenvalue weighted by molar-refractivity contribution is -0.208. The molecule has 30 heavy (non-hydrogen) atoms. The van der Waals surface area contributed by atoms with Crippen LogP contribution < -0.4 is 5.43 Å². The molecule has 0 aromatic rings. The van der Waals surface area contributed by atoms with Crippen LogP contribution in [-0.2, 0) is 42.7 Å². The molecule has 0 spiro atoms. The van der Waals surface area contributed by atoms with Gasteiger partial charge in [0, 0.05) is 0 Å². The van der Waals surface area contributed by atoms with E-state index < -0.39 is 0 Å². The summed E-state index contributed by atoms with van der Waals surface area (Å²) in [6.45, 7) is 6.34. The first kappa shape index (κ1) is 21.6. The smallest absolute Gasteiger partial charge is 0.240 e. The molecule has 4 heterocycles. The fourth-order valence-corrected chi connectivity index (χ4v) is 2.32. The highest BCUT2D eigenvalue weighted by atomic mass is 16.8. The van der Waals surface area contributed by atoms with Gasteiger partial charge in [-0.3, -0.25) is 0 Å². The van der Waals surface area contributed by atoms with Gasteiger partial charge in [-0.1, -0.05) is 10.4 Å². The highest BCUT2D eigenvalue weighted by molar-refractivity contribution is 5.88. The Morgan fingerprint density at radius 3 is 1.90 bits per heavy atom. The van der Waals surface area contributed by atoms with Gasteiger partial charge in [0.2, 0.25) is 11.8 Å². The molecule has 3 atom stereocenters. The number of hydrogen-bond donors (Lipinski definition) is 1. The molecule has 0 amide bonds. The van der Waals surface area contributed by atoms with Gasteiger partial charge in [0.15, 0.2) is 0 Å². The van der Waals surface area contributed by atoms with Crippen molar-refractivity contribution in [2.45, 2.75) is 18.3 Å². The lowest BCUT2D eigenvalue weighted by atomic mass is 10.5. The third-order valence-electron chi connectivity index (χ3n) is 4.17. The van der Waals surface area contributed by atoms with E-state index in [4.69, 9.17) is 42.7 Å². The van der Waals surface area contributed by atoms with Gasteiger partial charge >= 0.3 is 0 Å². The zero-order valence-corrected chi connectivity index (χ0v) is 16.9. The summed E-state index contributed by atoms with van der Waals surface area (Å²) >= 11 is 0. The van der Waals surface area contributed by atoms with E-state index in [0.29, 0.717) is 71.2 Å². The summed E-state index contributed by atoms with van der Waals surface area (Å²) in [5.41, 5.74) is 2.91. The van der Waals surface area contributed by atoms with Crippen LogP contribution in [0.3, 0.4) is 0 Å². The van der Waals surface area contributed by atoms with E-state index in [0.717, 1.165) is 19.8 Å². The minimum Gasteiger partial charge on any atom is -0.475 e. The molecular weight excluding hydrogens is 402 g/mol. The normalized spacial score (nSPS) is 26.5. The van der Waals surface area contributed by atoms with Crippen molar-refractivity contribution in [1.29, 1.82) is 0 Å². The Bertz CT molecular complexity index is 579. The molecular formula is C18H29N3O9. The molecule has 170 valence electrons. The first-order valence-electron chi connectivity index (χ1n) is 10.2. The number of hydrogen-bond acceptors (Lipinski definition) is 12. The average molecular weight is 431 g/mol. The minimum atomic E-state index is 0.224. The van der Waals surface area contributed by atoms with Crippen molar-refractivity contribution in [1.82, 2.24) is 10.7 Å². The van der Waals surface area contributed by atoms with E-state index in [-0.39, 0.29) is 18.3 Å². The van der Waals surface area contributed by atoms with Gasteiger partial charge in [0.1, 0.15) is 38.1 Å². The Hall–Kier alpha value is -1.67. The molecule has 0 aromatic carbocycles. The Morgan fingerprint density at radius 1 is 0.800 bits per heavy atom. The molecule has 12 heteroatoms. The van der Waals surface area contributed by atoms with Crippen LogP contribution in [0.1, 0.15) is 0 Å². The topological polar surface area (TPSA) is 121 Å². The summed E-state index contributed by atoms with van der Waals surface area (Å²) < 4.78 is 43.0. The van der Waals surface area contributed by atoms with Crippen LogP contribution in [0.15, 0.2) is 17.1 Å². The van der Waals surface area contributed by atoms with Gasteiger partial charge in [0.25, 0.3) is 0 Å². The number of ether oxygens (including phenoxy) is 8. The van der Waals surface area contributed by atoms with Gasteiger partial charge in [0.05, 0.1) is 65.5 Å². The molecule has 4 aliphatic heterocycles. The summed E-state index contributed by atoms with van der Waals surface area (Å²) in [7, 11) is 0. The Balaban J connectivity index is 1.14. The molecule has 0 radical (unpaired) electrons. The molecule has 3 saturated heterocycles. The van der Waals surface area contributed by atoms with Crippen molar-refractivity contribution in [2.24, 2.45) is 5.10 Å². The summed E-state index contributed by atoms with van der Waals surface area (Å²) in [6, 6.07) is 0. The van der Waals surface area contributed by atoms with Gasteiger partial charge in [-0.15, -0.1) is 0 Å². The number of nitrogens with one attached hydrogen (secondary N) is 1. The van der Waals surface area contributed by atoms with Gasteiger partial charge in [-0.25, -0.2) is 10.3 Å². The Kier molecular flexibility index (Phi) is 8.37. The quantitative estimate of drug-likeness (QED) is 0.229. The van der Waals surface area contributed by atoms with Crippen LogP contribution in [0.4, 0.5) is 0 Å². The fourth-order valence-electron chi connectivity index (χ4n) is 2.32. The molecule has 0 aliphatic carbocycles. The predicted molar refractivity (Wildman–Crippen MR) is 100 cm³/mol. The van der Waals surface area contributed by atoms with Gasteiger partial charge < -0.3 is 37.9 Å². The largest absolute Gasteiger partial charge is 0.475 e. The molecule has 3 fully saturated rings. The molecule has 4 rings (SSSR count). The van der Waals surface area contributed by atoms with Crippen LogP contribution >= 0.6 is 0 Å². The maximum absolute atomic E-state index is 5.69. The van der Waals surface area contributed by atoms with E-state index in [9.17, 15) is 0 Å². The van der Waals surface area contributed by atoms with Gasteiger partial charge in [-0.05, 0) is 0 Å². The van der Waals surface area contributed by atoms with Crippen LogP contribution in [0.2, 0.25) is 0 Å². The molecule has 0 bridgehead atoms. The maximum atomic E-state index is 5.69. The van der Waals surface area contributed by atoms with E-state index in [1.165, 1.54) is 5.28 Å². The predicted octanol–water partition coefficient (Wildman–Crippen LogP) is -0.827. The van der Waals surface area contributed by atoms with E-state index in [2.05, 4.69) is 10.5 Å². The van der Waals surface area contributed by atoms with E-state index >= 15 is 0 Å². The van der Waals surface area contributed by atoms with Crippen molar-refractivity contribution in [3.05, 3.63) is 12.0 Å². The van der Waals surface area contributed by atoms with Crippen molar-refractivity contribution in [3.63, 3.8) is 0 Å². The number of rotatable bonds is 17. The number of epoxide rings is 3. The summed E-state index contributed by atoms with van der Waals surface area (Å²) in [6.07, 6.45) is 2.33. The molecule has 4 aliphatic rings. The zero-order chi connectivity index (χ0) is 20.4. The molecule has 1 N–H and O–H groups in total. The summed E-state index contributed by atoms with van der Waals surface area (Å²) in [5, 5.41) is 5.42. The van der Waals surface area contributed by atoms with Crippen molar-refractivity contribution in [3.8, 4) is 0 Å². The third-order valence-corrected chi connectivity index (χ3v) is 4.17. The second-order valence-electron chi connectivity index (χ2n) is 6.95. The Labute approximate surface area is 174 Å². The maximum Gasteiger partial charge on any atom is 0.240 e. The minimum absolute atomic E-state index is 0.224. The SMILES string of the molecule is C1=C(OCCOCC2CO2)NN(OCCOCC2CO2)N=C1OCCOCC1CO1. The number of hydrazone groups is 1. The number of hydrazine groups is 1. The van der Waals surface area contributed by atoms with Crippen LogP contribution in [0.25, 0.3) is 0 Å². The first-order chi connectivity index (χ1) is 14.8. The highest BCUT2D eigenvalue weighted by Crippen LogP contribution is 2.11. The first-order valence-corrected chi connectivity index (χ1v) is 10.2. The Morgan fingerprint density at radius 2 is 1.33 bits per heavy atom. The summed E-state index contributed by atoms with van der Waals surface area (Å²) in [4.78, 5) is 5.55. The molecule has 0 aromatic heterocycles. The van der Waals surface area contributed by atoms with Crippen molar-refractivity contribution in [2.75, 3.05) is 79.3 Å².